The van der Waals surface area contributed by atoms with Crippen LogP contribution in [0.4, 0.5) is 4.39 Å². The van der Waals surface area contributed by atoms with Crippen LogP contribution in [0.5, 0.6) is 0 Å². The Morgan fingerprint density at radius 1 is 1.14 bits per heavy atom. The van der Waals surface area contributed by atoms with Gasteiger partial charge in [-0.1, -0.05) is 12.8 Å². The van der Waals surface area contributed by atoms with E-state index in [0.717, 1.165) is 40.8 Å². The van der Waals surface area contributed by atoms with Crippen molar-refractivity contribution in [2.75, 3.05) is 0 Å². The van der Waals surface area contributed by atoms with Crippen molar-refractivity contribution in [2.24, 2.45) is 17.8 Å². The molecule has 0 spiro atoms. The van der Waals surface area contributed by atoms with E-state index in [1.165, 1.54) is 49.9 Å². The van der Waals surface area contributed by atoms with Crippen molar-refractivity contribution in [3.63, 3.8) is 0 Å². The summed E-state index contributed by atoms with van der Waals surface area (Å²) in [6, 6.07) is 5.85. The summed E-state index contributed by atoms with van der Waals surface area (Å²) in [5, 5.41) is 0.793. The fourth-order valence-corrected chi connectivity index (χ4v) is 5.01. The molecule has 3 aromatic rings. The lowest BCUT2D eigenvalue weighted by Crippen LogP contribution is -2.32. The van der Waals surface area contributed by atoms with E-state index < -0.39 is 0 Å². The van der Waals surface area contributed by atoms with Crippen LogP contribution in [0.15, 0.2) is 36.8 Å². The quantitative estimate of drug-likeness (QED) is 0.724. The summed E-state index contributed by atoms with van der Waals surface area (Å²) in [5.41, 5.74) is 3.88. The second-order valence-electron chi connectivity index (χ2n) is 7.87. The van der Waals surface area contributed by atoms with Crippen molar-refractivity contribution in [2.45, 2.75) is 38.5 Å². The highest BCUT2D eigenvalue weighted by Crippen LogP contribution is 2.46. The molecule has 0 amide bonds. The number of carbonyl (C=O) groups excluding carboxylic acids is 2. The van der Waals surface area contributed by atoms with Crippen molar-refractivity contribution in [3.05, 3.63) is 48.2 Å². The van der Waals surface area contributed by atoms with Gasteiger partial charge in [0.2, 0.25) is 0 Å². The maximum atomic E-state index is 13.6. The molecule has 3 aromatic heterocycles. The first kappa shape index (κ1) is 18.5. The van der Waals surface area contributed by atoms with Crippen LogP contribution in [0.2, 0.25) is 0 Å². The average molecular weight is 379 g/mol. The van der Waals surface area contributed by atoms with Gasteiger partial charge in [0.1, 0.15) is 11.5 Å². The maximum absolute atomic E-state index is 13.6. The van der Waals surface area contributed by atoms with E-state index in [2.05, 4.69) is 27.1 Å². The highest BCUT2D eigenvalue weighted by molar-refractivity contribution is 5.92. The smallest absolute Gasteiger partial charge is 0.345 e. The van der Waals surface area contributed by atoms with E-state index >= 15 is 0 Å². The molecule has 3 aliphatic rings. The first-order chi connectivity index (χ1) is 13.7. The number of nitrogens with one attached hydrogen (secondary N) is 1. The van der Waals surface area contributed by atoms with Gasteiger partial charge in [-0.25, -0.2) is 9.37 Å². The van der Waals surface area contributed by atoms with Gasteiger partial charge in [0.05, 0.1) is 11.9 Å². The molecular weight excluding hydrogens is 357 g/mol. The Morgan fingerprint density at radius 3 is 2.64 bits per heavy atom. The summed E-state index contributed by atoms with van der Waals surface area (Å²) in [6.45, 7) is 0. The minimum Gasteiger partial charge on any atom is -0.345 e. The van der Waals surface area contributed by atoms with Crippen molar-refractivity contribution in [1.29, 1.82) is 0 Å². The Kier molecular flexibility index (Phi) is 5.31. The van der Waals surface area contributed by atoms with Crippen LogP contribution in [0.3, 0.4) is 0 Å². The molecule has 28 heavy (non-hydrogen) atoms. The molecule has 1 atom stereocenters. The Labute approximate surface area is 162 Å². The van der Waals surface area contributed by atoms with E-state index in [-0.39, 0.29) is 12.0 Å². The van der Waals surface area contributed by atoms with E-state index in [0.29, 0.717) is 5.65 Å². The molecule has 0 saturated heterocycles. The molecule has 3 aliphatic carbocycles. The Hall–Kier alpha value is -2.85. The fourth-order valence-electron chi connectivity index (χ4n) is 5.01. The number of nitrogens with zero attached hydrogens (tertiary/aromatic N) is 2. The third kappa shape index (κ3) is 3.73. The van der Waals surface area contributed by atoms with Gasteiger partial charge < -0.3 is 4.98 Å². The van der Waals surface area contributed by atoms with E-state index in [4.69, 9.17) is 9.59 Å². The van der Waals surface area contributed by atoms with E-state index in [1.54, 1.807) is 0 Å². The zero-order valence-corrected chi connectivity index (χ0v) is 15.5. The van der Waals surface area contributed by atoms with Crippen LogP contribution >= 0.6 is 0 Å². The highest BCUT2D eigenvalue weighted by atomic mass is 19.1. The molecule has 2 bridgehead atoms. The van der Waals surface area contributed by atoms with Crippen LogP contribution in [0.25, 0.3) is 22.3 Å². The number of fused-ring (bicyclic) bond motifs is 4. The normalized spacial score (nSPS) is 23.1. The molecule has 144 valence electrons. The molecule has 6 heteroatoms. The van der Waals surface area contributed by atoms with Gasteiger partial charge in [-0.2, -0.15) is 9.59 Å². The lowest BCUT2D eigenvalue weighted by Gasteiger charge is -2.42. The van der Waals surface area contributed by atoms with Crippen LogP contribution in [-0.4, -0.2) is 21.1 Å². The van der Waals surface area contributed by atoms with E-state index in [1.807, 2.05) is 12.4 Å². The molecule has 1 unspecified atom stereocenters. The average Bonchev–Trinajstić information content (AvgIpc) is 3.13. The zero-order chi connectivity index (χ0) is 19.5. The predicted molar refractivity (Wildman–Crippen MR) is 102 cm³/mol. The number of aromatic amines is 1. The van der Waals surface area contributed by atoms with Crippen molar-refractivity contribution >= 4 is 17.2 Å². The lowest BCUT2D eigenvalue weighted by molar-refractivity contribution is -0.191. The van der Waals surface area contributed by atoms with Crippen LogP contribution < -0.4 is 0 Å². The summed E-state index contributed by atoms with van der Waals surface area (Å²) in [4.78, 5) is 28.0. The summed E-state index contributed by atoms with van der Waals surface area (Å²) in [5.74, 6) is 2.37. The third-order valence-corrected chi connectivity index (χ3v) is 6.29. The number of H-pyrrole nitrogens is 1. The number of halogens is 1. The Morgan fingerprint density at radius 2 is 1.93 bits per heavy atom. The second kappa shape index (κ2) is 8.03. The summed E-state index contributed by atoms with van der Waals surface area (Å²) < 4.78 is 13.6. The van der Waals surface area contributed by atoms with Crippen LogP contribution in [-0.2, 0) is 16.0 Å². The largest absolute Gasteiger partial charge is 0.373 e. The monoisotopic (exact) mass is 379 g/mol. The molecule has 0 aliphatic heterocycles. The molecule has 3 saturated carbocycles. The van der Waals surface area contributed by atoms with Gasteiger partial charge in [-0.15, -0.1) is 0 Å². The summed E-state index contributed by atoms with van der Waals surface area (Å²) in [6.07, 6.45) is 13.5. The highest BCUT2D eigenvalue weighted by Gasteiger charge is 2.35. The van der Waals surface area contributed by atoms with Crippen molar-refractivity contribution in [1.82, 2.24) is 15.0 Å². The second-order valence-corrected chi connectivity index (χ2v) is 7.87. The molecule has 1 N–H and O–H groups in total. The first-order valence-corrected chi connectivity index (χ1v) is 9.75. The van der Waals surface area contributed by atoms with Crippen molar-refractivity contribution in [3.8, 4) is 11.3 Å². The van der Waals surface area contributed by atoms with Gasteiger partial charge in [-0.3, -0.25) is 4.98 Å². The molecule has 0 radical (unpaired) electrons. The zero-order valence-electron chi connectivity index (χ0n) is 15.5. The van der Waals surface area contributed by atoms with Gasteiger partial charge in [-0.05, 0) is 67.2 Å². The predicted octanol–water partition coefficient (Wildman–Crippen LogP) is 4.55. The first-order valence-electron chi connectivity index (χ1n) is 9.75. The molecule has 5 nitrogen and oxygen atoms in total. The van der Waals surface area contributed by atoms with Gasteiger partial charge in [0, 0.05) is 23.3 Å². The fraction of sp³-hybridized carbons (Fsp3) is 0.409. The molecular formula is C22H22FN3O2. The van der Waals surface area contributed by atoms with Gasteiger partial charge in [0.15, 0.2) is 0 Å². The van der Waals surface area contributed by atoms with Gasteiger partial charge in [0.25, 0.3) is 0 Å². The molecule has 6 rings (SSSR count). The third-order valence-electron chi connectivity index (χ3n) is 6.29. The number of hydrogen-bond donors (Lipinski definition) is 1. The molecule has 0 aromatic carbocycles. The lowest BCUT2D eigenvalue weighted by atomic mass is 9.63. The number of pyridine rings is 2. The topological polar surface area (TPSA) is 75.7 Å². The molecule has 3 heterocycles. The minimum atomic E-state index is -0.317. The van der Waals surface area contributed by atoms with Gasteiger partial charge >= 0.3 is 6.15 Å². The summed E-state index contributed by atoms with van der Waals surface area (Å²) >= 11 is 0. The Bertz CT molecular complexity index is 1000. The number of hydrogen-bond acceptors (Lipinski definition) is 4. The van der Waals surface area contributed by atoms with E-state index in [9.17, 15) is 4.39 Å². The SMILES string of the molecule is Fc1cnc2[nH]cc(-c3cc(CC4CC5CCC4CC5)ccn3)c2c1.O=C=O. The standard InChI is InChI=1S/C21H22FN3.CO2/c22-17-10-18-19(12-25-21(18)24-11-17)20-9-14(5-6-23-20)8-16-7-13-1-3-15(16)4-2-13;2-1-3/h5-6,9-13,15-16H,1-4,7-8H2,(H,24,25);. The Balaban J connectivity index is 0.000000604. The summed E-state index contributed by atoms with van der Waals surface area (Å²) in [7, 11) is 0. The maximum Gasteiger partial charge on any atom is 0.373 e. The number of rotatable bonds is 3. The van der Waals surface area contributed by atoms with Crippen LogP contribution in [0, 0.1) is 23.6 Å². The van der Waals surface area contributed by atoms with Crippen LogP contribution in [0.1, 0.15) is 37.7 Å². The van der Waals surface area contributed by atoms with Crippen molar-refractivity contribution < 1.29 is 14.0 Å². The number of aromatic nitrogens is 3. The molecule has 3 fully saturated rings. The minimum absolute atomic E-state index is 0.250.